The monoisotopic (exact) mass is 332 g/mol. The van der Waals surface area contributed by atoms with Gasteiger partial charge in [-0.05, 0) is 18.2 Å². The van der Waals surface area contributed by atoms with Crippen molar-refractivity contribution in [3.05, 3.63) is 22.0 Å². The Labute approximate surface area is 106 Å². The van der Waals surface area contributed by atoms with E-state index in [0.29, 0.717) is 21.2 Å². The summed E-state index contributed by atoms with van der Waals surface area (Å²) in [6.45, 7) is 0. The van der Waals surface area contributed by atoms with Crippen LogP contribution in [0.5, 0.6) is 11.5 Å². The van der Waals surface area contributed by atoms with Gasteiger partial charge in [-0.25, -0.2) is 0 Å². The minimum Gasteiger partial charge on any atom is -0.497 e. The summed E-state index contributed by atoms with van der Waals surface area (Å²) < 4.78 is 16.0. The van der Waals surface area contributed by atoms with Crippen LogP contribution in [0.3, 0.4) is 0 Å². The molecule has 0 bridgehead atoms. The maximum Gasteiger partial charge on any atom is 0.262 e. The Bertz CT molecular complexity index is 499. The van der Waals surface area contributed by atoms with Crippen LogP contribution in [0.15, 0.2) is 22.7 Å². The molecule has 0 aliphatic heterocycles. The smallest absolute Gasteiger partial charge is 0.262 e. The van der Waals surface area contributed by atoms with E-state index in [1.807, 2.05) is 28.7 Å². The van der Waals surface area contributed by atoms with E-state index >= 15 is 0 Å². The summed E-state index contributed by atoms with van der Waals surface area (Å²) in [6.07, 6.45) is 0. The maximum absolute atomic E-state index is 5.22. The normalized spacial score (nSPS) is 10.2. The second-order valence-electron chi connectivity index (χ2n) is 2.93. The molecule has 1 aromatic heterocycles. The van der Waals surface area contributed by atoms with E-state index in [1.54, 1.807) is 26.4 Å². The Morgan fingerprint density at radius 3 is 2.62 bits per heavy atom. The van der Waals surface area contributed by atoms with Crippen LogP contribution in [0.2, 0.25) is 0 Å². The van der Waals surface area contributed by atoms with Crippen molar-refractivity contribution >= 4 is 22.6 Å². The van der Waals surface area contributed by atoms with Crippen molar-refractivity contribution in [2.45, 2.75) is 0 Å². The summed E-state index contributed by atoms with van der Waals surface area (Å²) >= 11 is 1.98. The quantitative estimate of drug-likeness (QED) is 0.808. The first-order valence-corrected chi connectivity index (χ1v) is 5.54. The van der Waals surface area contributed by atoms with Gasteiger partial charge in [-0.1, -0.05) is 5.16 Å². The van der Waals surface area contributed by atoms with Crippen molar-refractivity contribution in [3.63, 3.8) is 0 Å². The second-order valence-corrected chi connectivity index (χ2v) is 3.90. The molecule has 0 spiro atoms. The molecule has 6 heteroatoms. The third kappa shape index (κ3) is 2.11. The van der Waals surface area contributed by atoms with E-state index < -0.39 is 0 Å². The van der Waals surface area contributed by atoms with E-state index in [9.17, 15) is 0 Å². The summed E-state index contributed by atoms with van der Waals surface area (Å²) in [7, 11) is 3.19. The molecule has 0 saturated heterocycles. The molecule has 2 aromatic rings. The first kappa shape index (κ1) is 11.2. The van der Waals surface area contributed by atoms with E-state index in [1.165, 1.54) is 0 Å². The van der Waals surface area contributed by atoms with Gasteiger partial charge >= 0.3 is 0 Å². The minimum atomic E-state index is 0.417. The molecule has 0 aliphatic carbocycles. The van der Waals surface area contributed by atoms with Gasteiger partial charge in [0.25, 0.3) is 5.89 Å². The standard InChI is InChI=1S/C10H9IN2O3/c1-14-6-3-4-8(15-2)7(5-6)9-12-10(11)13-16-9/h3-5H,1-2H3. The zero-order chi connectivity index (χ0) is 11.5. The number of ether oxygens (including phenoxy) is 2. The van der Waals surface area contributed by atoms with Crippen molar-refractivity contribution in [1.29, 1.82) is 0 Å². The Morgan fingerprint density at radius 2 is 2.06 bits per heavy atom. The average Bonchev–Trinajstić information content (AvgIpc) is 2.75. The molecule has 84 valence electrons. The topological polar surface area (TPSA) is 57.4 Å². The van der Waals surface area contributed by atoms with Gasteiger partial charge in [0.05, 0.1) is 19.8 Å². The van der Waals surface area contributed by atoms with E-state index in [2.05, 4.69) is 10.1 Å². The van der Waals surface area contributed by atoms with Crippen LogP contribution >= 0.6 is 22.6 Å². The molecule has 0 saturated carbocycles. The fourth-order valence-corrected chi connectivity index (χ4v) is 1.61. The highest BCUT2D eigenvalue weighted by atomic mass is 127. The molecule has 16 heavy (non-hydrogen) atoms. The minimum absolute atomic E-state index is 0.417. The number of aromatic nitrogens is 2. The van der Waals surface area contributed by atoms with Crippen LogP contribution in [0.25, 0.3) is 11.5 Å². The number of rotatable bonds is 3. The molecule has 0 amide bonds. The molecule has 5 nitrogen and oxygen atoms in total. The maximum atomic E-state index is 5.22. The zero-order valence-corrected chi connectivity index (χ0v) is 10.9. The Morgan fingerprint density at radius 1 is 1.25 bits per heavy atom. The summed E-state index contributed by atoms with van der Waals surface area (Å²) in [5, 5.41) is 3.73. The largest absolute Gasteiger partial charge is 0.497 e. The first-order chi connectivity index (χ1) is 7.74. The van der Waals surface area contributed by atoms with Crippen LogP contribution in [0, 0.1) is 3.83 Å². The Balaban J connectivity index is 2.52. The SMILES string of the molecule is COc1ccc(OC)c(-c2nc(I)no2)c1. The van der Waals surface area contributed by atoms with Gasteiger partial charge in [-0.15, -0.1) is 0 Å². The lowest BCUT2D eigenvalue weighted by Gasteiger charge is -2.06. The zero-order valence-electron chi connectivity index (χ0n) is 8.73. The van der Waals surface area contributed by atoms with Gasteiger partial charge < -0.3 is 14.0 Å². The first-order valence-electron chi connectivity index (χ1n) is 4.46. The Kier molecular flexibility index (Phi) is 3.28. The van der Waals surface area contributed by atoms with Crippen LogP contribution in [-0.4, -0.2) is 24.4 Å². The molecular formula is C10H9IN2O3. The average molecular weight is 332 g/mol. The predicted molar refractivity (Wildman–Crippen MR) is 65.6 cm³/mol. The predicted octanol–water partition coefficient (Wildman–Crippen LogP) is 2.36. The van der Waals surface area contributed by atoms with Crippen molar-refractivity contribution in [2.24, 2.45) is 0 Å². The fourth-order valence-electron chi connectivity index (χ4n) is 1.30. The number of benzene rings is 1. The molecule has 0 N–H and O–H groups in total. The fraction of sp³-hybridized carbons (Fsp3) is 0.200. The lowest BCUT2D eigenvalue weighted by atomic mass is 10.2. The lowest BCUT2D eigenvalue weighted by molar-refractivity contribution is 0.396. The van der Waals surface area contributed by atoms with Crippen molar-refractivity contribution in [2.75, 3.05) is 14.2 Å². The molecular weight excluding hydrogens is 323 g/mol. The van der Waals surface area contributed by atoms with Crippen molar-refractivity contribution in [3.8, 4) is 23.0 Å². The highest BCUT2D eigenvalue weighted by Crippen LogP contribution is 2.32. The molecule has 0 aliphatic rings. The van der Waals surface area contributed by atoms with Crippen LogP contribution in [0.1, 0.15) is 0 Å². The van der Waals surface area contributed by atoms with E-state index in [-0.39, 0.29) is 0 Å². The van der Waals surface area contributed by atoms with Gasteiger partial charge in [-0.3, -0.25) is 0 Å². The summed E-state index contributed by atoms with van der Waals surface area (Å²) in [5.41, 5.74) is 0.720. The number of nitrogens with zero attached hydrogens (tertiary/aromatic N) is 2. The third-order valence-electron chi connectivity index (χ3n) is 2.04. The molecule has 0 atom stereocenters. The molecule has 1 aromatic carbocycles. The van der Waals surface area contributed by atoms with Gasteiger partial charge in [0.2, 0.25) is 3.83 Å². The second kappa shape index (κ2) is 4.69. The summed E-state index contributed by atoms with van der Waals surface area (Å²) in [5.74, 6) is 1.80. The number of halogens is 1. The molecule has 1 heterocycles. The number of hydrogen-bond donors (Lipinski definition) is 0. The van der Waals surface area contributed by atoms with Crippen LogP contribution in [0.4, 0.5) is 0 Å². The van der Waals surface area contributed by atoms with Crippen molar-refractivity contribution in [1.82, 2.24) is 10.1 Å². The van der Waals surface area contributed by atoms with Gasteiger partial charge in [0.1, 0.15) is 11.5 Å². The lowest BCUT2D eigenvalue weighted by Crippen LogP contribution is -1.90. The third-order valence-corrected chi connectivity index (χ3v) is 2.48. The molecule has 2 rings (SSSR count). The highest BCUT2D eigenvalue weighted by molar-refractivity contribution is 14.1. The van der Waals surface area contributed by atoms with Crippen LogP contribution in [-0.2, 0) is 0 Å². The molecule has 0 unspecified atom stereocenters. The van der Waals surface area contributed by atoms with Gasteiger partial charge in [-0.2, -0.15) is 4.98 Å². The van der Waals surface area contributed by atoms with E-state index in [4.69, 9.17) is 14.0 Å². The number of hydrogen-bond acceptors (Lipinski definition) is 5. The molecule has 0 radical (unpaired) electrons. The highest BCUT2D eigenvalue weighted by Gasteiger charge is 2.13. The Hall–Kier alpha value is -1.31. The van der Waals surface area contributed by atoms with Crippen molar-refractivity contribution < 1.29 is 14.0 Å². The summed E-state index contributed by atoms with van der Waals surface area (Å²) in [6, 6.07) is 5.40. The summed E-state index contributed by atoms with van der Waals surface area (Å²) in [4.78, 5) is 4.14. The van der Waals surface area contributed by atoms with Crippen LogP contribution < -0.4 is 9.47 Å². The molecule has 0 fully saturated rings. The van der Waals surface area contributed by atoms with Gasteiger partial charge in [0.15, 0.2) is 0 Å². The van der Waals surface area contributed by atoms with E-state index in [0.717, 1.165) is 5.56 Å². The number of methoxy groups -OCH3 is 2. The van der Waals surface area contributed by atoms with Gasteiger partial charge in [0, 0.05) is 22.6 Å².